The minimum atomic E-state index is 0.259. The Morgan fingerprint density at radius 2 is 2.00 bits per heavy atom. The standard InChI is InChI=1S/C15H23N5S2/c1-9-6-5-7-13(8-9)20-11(3)16-19-15(20)21-10(2)14-18-17-12(4)22-14/h9-10,13H,5-8H2,1-4H3/t9-,10+,13-/m1/s1. The van der Waals surface area contributed by atoms with Crippen molar-refractivity contribution in [3.63, 3.8) is 0 Å². The third-order valence-corrected chi connectivity index (χ3v) is 6.52. The SMILES string of the molecule is Cc1nnc([C@H](C)Sc2nnc(C)n2[C@@H]2CCC[C@@H](C)C2)s1. The second-order valence-corrected chi connectivity index (χ2v) is 8.77. The second-order valence-electron chi connectivity index (χ2n) is 6.24. The van der Waals surface area contributed by atoms with E-state index in [9.17, 15) is 0 Å². The summed E-state index contributed by atoms with van der Waals surface area (Å²) in [6.45, 7) is 8.58. The number of aromatic nitrogens is 5. The molecule has 2 aromatic heterocycles. The Morgan fingerprint density at radius 1 is 1.18 bits per heavy atom. The van der Waals surface area contributed by atoms with Gasteiger partial charge in [-0.25, -0.2) is 0 Å². The fourth-order valence-electron chi connectivity index (χ4n) is 3.17. The minimum Gasteiger partial charge on any atom is -0.303 e. The van der Waals surface area contributed by atoms with Gasteiger partial charge in [-0.05, 0) is 39.5 Å². The van der Waals surface area contributed by atoms with E-state index in [1.165, 1.54) is 25.7 Å². The largest absolute Gasteiger partial charge is 0.303 e. The molecule has 120 valence electrons. The van der Waals surface area contributed by atoms with Crippen molar-refractivity contribution in [2.75, 3.05) is 0 Å². The van der Waals surface area contributed by atoms with Gasteiger partial charge in [-0.2, -0.15) is 0 Å². The van der Waals surface area contributed by atoms with Gasteiger partial charge in [0.15, 0.2) is 5.16 Å². The molecule has 0 bridgehead atoms. The Morgan fingerprint density at radius 3 is 2.68 bits per heavy atom. The van der Waals surface area contributed by atoms with Crippen molar-refractivity contribution < 1.29 is 0 Å². The summed E-state index contributed by atoms with van der Waals surface area (Å²) >= 11 is 3.41. The van der Waals surface area contributed by atoms with Crippen LogP contribution in [0.2, 0.25) is 0 Å². The van der Waals surface area contributed by atoms with E-state index in [1.54, 1.807) is 23.1 Å². The van der Waals surface area contributed by atoms with Crippen LogP contribution >= 0.6 is 23.1 Å². The third kappa shape index (κ3) is 3.35. The van der Waals surface area contributed by atoms with E-state index in [4.69, 9.17) is 0 Å². The highest BCUT2D eigenvalue weighted by atomic mass is 32.2. The Labute approximate surface area is 139 Å². The van der Waals surface area contributed by atoms with Crippen molar-refractivity contribution in [3.8, 4) is 0 Å². The monoisotopic (exact) mass is 337 g/mol. The summed E-state index contributed by atoms with van der Waals surface area (Å²) in [5, 5.41) is 20.5. The molecule has 5 nitrogen and oxygen atoms in total. The van der Waals surface area contributed by atoms with Crippen LogP contribution < -0.4 is 0 Å². The summed E-state index contributed by atoms with van der Waals surface area (Å²) in [5.41, 5.74) is 0. The van der Waals surface area contributed by atoms with E-state index < -0.39 is 0 Å². The predicted octanol–water partition coefficient (Wildman–Crippen LogP) is 4.35. The first-order chi connectivity index (χ1) is 10.5. The molecule has 1 aliphatic rings. The molecule has 0 radical (unpaired) electrons. The number of hydrogen-bond donors (Lipinski definition) is 0. The zero-order valence-corrected chi connectivity index (χ0v) is 15.2. The van der Waals surface area contributed by atoms with E-state index in [0.29, 0.717) is 6.04 Å². The van der Waals surface area contributed by atoms with Crippen LogP contribution in [0.4, 0.5) is 0 Å². The number of aryl methyl sites for hydroxylation is 2. The van der Waals surface area contributed by atoms with E-state index in [1.807, 2.05) is 6.92 Å². The highest BCUT2D eigenvalue weighted by molar-refractivity contribution is 7.99. The molecule has 0 spiro atoms. The molecule has 3 atom stereocenters. The molecule has 0 saturated heterocycles. The molecule has 2 heterocycles. The summed E-state index contributed by atoms with van der Waals surface area (Å²) in [5.74, 6) is 1.82. The lowest BCUT2D eigenvalue weighted by molar-refractivity contribution is 0.268. The van der Waals surface area contributed by atoms with Gasteiger partial charge < -0.3 is 4.57 Å². The average Bonchev–Trinajstić information content (AvgIpc) is 3.05. The smallest absolute Gasteiger partial charge is 0.192 e. The Hall–Kier alpha value is -0.950. The van der Waals surface area contributed by atoms with Gasteiger partial charge >= 0.3 is 0 Å². The van der Waals surface area contributed by atoms with Crippen LogP contribution in [0.5, 0.6) is 0 Å². The summed E-state index contributed by atoms with van der Waals surface area (Å²) < 4.78 is 2.35. The van der Waals surface area contributed by atoms with Crippen LogP contribution in [0.3, 0.4) is 0 Å². The van der Waals surface area contributed by atoms with Gasteiger partial charge in [0, 0.05) is 6.04 Å². The fraction of sp³-hybridized carbons (Fsp3) is 0.733. The van der Waals surface area contributed by atoms with Crippen LogP contribution in [-0.4, -0.2) is 25.0 Å². The number of hydrogen-bond acceptors (Lipinski definition) is 6. The lowest BCUT2D eigenvalue weighted by atomic mass is 9.87. The van der Waals surface area contributed by atoms with E-state index in [-0.39, 0.29) is 5.25 Å². The van der Waals surface area contributed by atoms with Gasteiger partial charge in [0.05, 0.1) is 5.25 Å². The average molecular weight is 338 g/mol. The first kappa shape index (κ1) is 15.9. The molecule has 7 heteroatoms. The first-order valence-corrected chi connectivity index (χ1v) is 9.62. The van der Waals surface area contributed by atoms with Crippen molar-refractivity contribution in [2.45, 2.75) is 69.8 Å². The molecular formula is C15H23N5S2. The molecule has 0 N–H and O–H groups in total. The lowest BCUT2D eigenvalue weighted by Crippen LogP contribution is -2.19. The molecule has 22 heavy (non-hydrogen) atoms. The van der Waals surface area contributed by atoms with Gasteiger partial charge in [0.2, 0.25) is 0 Å². The molecule has 3 rings (SSSR count). The van der Waals surface area contributed by atoms with Crippen molar-refractivity contribution in [2.24, 2.45) is 5.92 Å². The minimum absolute atomic E-state index is 0.259. The summed E-state index contributed by atoms with van der Waals surface area (Å²) in [6, 6.07) is 0.546. The van der Waals surface area contributed by atoms with Gasteiger partial charge in [0.25, 0.3) is 0 Å². The van der Waals surface area contributed by atoms with Crippen molar-refractivity contribution in [3.05, 3.63) is 15.8 Å². The van der Waals surface area contributed by atoms with Crippen LogP contribution in [-0.2, 0) is 0 Å². The Bertz CT molecular complexity index is 636. The highest BCUT2D eigenvalue weighted by Crippen LogP contribution is 2.39. The van der Waals surface area contributed by atoms with Gasteiger partial charge in [-0.1, -0.05) is 31.5 Å². The maximum atomic E-state index is 4.42. The first-order valence-electron chi connectivity index (χ1n) is 7.92. The van der Waals surface area contributed by atoms with E-state index >= 15 is 0 Å². The zero-order chi connectivity index (χ0) is 15.7. The van der Waals surface area contributed by atoms with Gasteiger partial charge in [-0.15, -0.1) is 31.7 Å². The Balaban J connectivity index is 1.79. The quantitative estimate of drug-likeness (QED) is 0.776. The maximum Gasteiger partial charge on any atom is 0.192 e. The topological polar surface area (TPSA) is 56.5 Å². The molecule has 1 aliphatic carbocycles. The normalized spacial score (nSPS) is 23.6. The van der Waals surface area contributed by atoms with Gasteiger partial charge in [-0.3, -0.25) is 0 Å². The van der Waals surface area contributed by atoms with Gasteiger partial charge in [0.1, 0.15) is 15.8 Å². The van der Waals surface area contributed by atoms with Crippen LogP contribution in [0.25, 0.3) is 0 Å². The van der Waals surface area contributed by atoms with E-state index in [0.717, 1.165) is 26.9 Å². The molecular weight excluding hydrogens is 314 g/mol. The van der Waals surface area contributed by atoms with Crippen molar-refractivity contribution >= 4 is 23.1 Å². The van der Waals surface area contributed by atoms with E-state index in [2.05, 4.69) is 45.7 Å². The lowest BCUT2D eigenvalue weighted by Gasteiger charge is -2.29. The summed E-state index contributed by atoms with van der Waals surface area (Å²) in [7, 11) is 0. The van der Waals surface area contributed by atoms with Crippen molar-refractivity contribution in [1.82, 2.24) is 25.0 Å². The molecule has 0 aliphatic heterocycles. The molecule has 2 aromatic rings. The number of rotatable bonds is 4. The highest BCUT2D eigenvalue weighted by Gasteiger charge is 2.26. The molecule has 0 unspecified atom stereocenters. The number of nitrogens with zero attached hydrogens (tertiary/aromatic N) is 5. The van der Waals surface area contributed by atoms with Crippen LogP contribution in [0, 0.1) is 19.8 Å². The van der Waals surface area contributed by atoms with Crippen LogP contribution in [0.15, 0.2) is 5.16 Å². The molecule has 0 aromatic carbocycles. The Kier molecular flexibility index (Phi) is 4.82. The van der Waals surface area contributed by atoms with Crippen molar-refractivity contribution in [1.29, 1.82) is 0 Å². The maximum absolute atomic E-state index is 4.42. The third-order valence-electron chi connectivity index (χ3n) is 4.28. The fourth-order valence-corrected chi connectivity index (χ4v) is 5.04. The molecule has 0 amide bonds. The summed E-state index contributed by atoms with van der Waals surface area (Å²) in [4.78, 5) is 0. The predicted molar refractivity (Wildman–Crippen MR) is 90.3 cm³/mol. The van der Waals surface area contributed by atoms with Crippen LogP contribution in [0.1, 0.15) is 66.7 Å². The zero-order valence-electron chi connectivity index (χ0n) is 13.6. The second kappa shape index (κ2) is 6.66. The summed E-state index contributed by atoms with van der Waals surface area (Å²) in [6.07, 6.45) is 5.13. The number of thioether (sulfide) groups is 1. The molecule has 1 fully saturated rings. The molecule has 1 saturated carbocycles.